The summed E-state index contributed by atoms with van der Waals surface area (Å²) in [5.41, 5.74) is -0.614. The van der Waals surface area contributed by atoms with Crippen molar-refractivity contribution in [3.05, 3.63) is 0 Å². The Morgan fingerprint density at radius 1 is 1.08 bits per heavy atom. The lowest BCUT2D eigenvalue weighted by atomic mass is 10.2. The Labute approximate surface area is 149 Å². The fourth-order valence-corrected chi connectivity index (χ4v) is 2.32. The SMILES string of the molecule is CCCCOC(=O)N1CCN(C(=O)[C@H](C)NC(=O)OC(C)(C)C)CC1. The highest BCUT2D eigenvalue weighted by atomic mass is 16.6. The number of carbonyl (C=O) groups excluding carboxylic acids is 3. The van der Waals surface area contributed by atoms with Crippen molar-refractivity contribution in [3.63, 3.8) is 0 Å². The summed E-state index contributed by atoms with van der Waals surface area (Å²) >= 11 is 0. The number of alkyl carbamates (subject to hydrolysis) is 1. The summed E-state index contributed by atoms with van der Waals surface area (Å²) in [4.78, 5) is 39.3. The zero-order valence-corrected chi connectivity index (χ0v) is 16.0. The van der Waals surface area contributed by atoms with Crippen molar-refractivity contribution in [2.75, 3.05) is 32.8 Å². The van der Waals surface area contributed by atoms with Gasteiger partial charge in [-0.2, -0.15) is 0 Å². The third-order valence-corrected chi connectivity index (χ3v) is 3.68. The number of unbranched alkanes of at least 4 members (excludes halogenated alkanes) is 1. The number of amides is 3. The van der Waals surface area contributed by atoms with Crippen molar-refractivity contribution < 1.29 is 23.9 Å². The first-order valence-corrected chi connectivity index (χ1v) is 8.84. The van der Waals surface area contributed by atoms with E-state index in [-0.39, 0.29) is 12.0 Å². The van der Waals surface area contributed by atoms with Gasteiger partial charge >= 0.3 is 12.2 Å². The van der Waals surface area contributed by atoms with Gasteiger partial charge in [-0.3, -0.25) is 4.79 Å². The summed E-state index contributed by atoms with van der Waals surface area (Å²) in [6, 6.07) is -0.682. The van der Waals surface area contributed by atoms with Gasteiger partial charge in [0, 0.05) is 26.2 Å². The van der Waals surface area contributed by atoms with Gasteiger partial charge in [0.25, 0.3) is 0 Å². The van der Waals surface area contributed by atoms with Crippen LogP contribution in [0, 0.1) is 0 Å². The second-order valence-corrected chi connectivity index (χ2v) is 7.15. The highest BCUT2D eigenvalue weighted by molar-refractivity contribution is 5.85. The van der Waals surface area contributed by atoms with Crippen LogP contribution in [0.2, 0.25) is 0 Å². The maximum atomic E-state index is 12.4. The molecule has 0 aromatic rings. The molecule has 1 N–H and O–H groups in total. The van der Waals surface area contributed by atoms with E-state index in [0.717, 1.165) is 12.8 Å². The van der Waals surface area contributed by atoms with E-state index in [1.54, 1.807) is 37.5 Å². The highest BCUT2D eigenvalue weighted by Gasteiger charge is 2.29. The molecule has 0 aromatic heterocycles. The van der Waals surface area contributed by atoms with Crippen molar-refractivity contribution in [1.82, 2.24) is 15.1 Å². The second-order valence-electron chi connectivity index (χ2n) is 7.15. The smallest absolute Gasteiger partial charge is 0.409 e. The van der Waals surface area contributed by atoms with Gasteiger partial charge in [0.05, 0.1) is 6.61 Å². The third-order valence-electron chi connectivity index (χ3n) is 3.68. The lowest BCUT2D eigenvalue weighted by Gasteiger charge is -2.35. The second kappa shape index (κ2) is 9.48. The number of nitrogens with one attached hydrogen (secondary N) is 1. The average Bonchev–Trinajstić information content (AvgIpc) is 2.52. The van der Waals surface area contributed by atoms with E-state index in [4.69, 9.17) is 9.47 Å². The summed E-state index contributed by atoms with van der Waals surface area (Å²) in [5, 5.41) is 2.54. The number of rotatable bonds is 5. The van der Waals surface area contributed by atoms with Crippen molar-refractivity contribution in [2.45, 2.75) is 59.1 Å². The first-order valence-electron chi connectivity index (χ1n) is 8.84. The minimum Gasteiger partial charge on any atom is -0.449 e. The molecule has 0 spiro atoms. The summed E-state index contributed by atoms with van der Waals surface area (Å²) < 4.78 is 10.3. The molecule has 8 nitrogen and oxygen atoms in total. The molecule has 1 aliphatic rings. The maximum Gasteiger partial charge on any atom is 0.409 e. The van der Waals surface area contributed by atoms with E-state index in [0.29, 0.717) is 32.8 Å². The maximum absolute atomic E-state index is 12.4. The molecule has 0 unspecified atom stereocenters. The minimum absolute atomic E-state index is 0.190. The van der Waals surface area contributed by atoms with Crippen LogP contribution in [0.4, 0.5) is 9.59 Å². The largest absolute Gasteiger partial charge is 0.449 e. The molecule has 0 aliphatic carbocycles. The summed E-state index contributed by atoms with van der Waals surface area (Å²) in [6.07, 6.45) is 0.864. The Morgan fingerprint density at radius 2 is 1.64 bits per heavy atom. The molecule has 1 rings (SSSR count). The normalized spacial score (nSPS) is 16.2. The average molecular weight is 357 g/mol. The minimum atomic E-state index is -0.682. The van der Waals surface area contributed by atoms with Crippen molar-refractivity contribution >= 4 is 18.1 Å². The van der Waals surface area contributed by atoms with Crippen LogP contribution in [0.5, 0.6) is 0 Å². The molecular formula is C17H31N3O5. The molecule has 0 bridgehead atoms. The molecule has 8 heteroatoms. The highest BCUT2D eigenvalue weighted by Crippen LogP contribution is 2.09. The Balaban J connectivity index is 2.39. The molecule has 144 valence electrons. The molecule has 1 saturated heterocycles. The molecule has 0 radical (unpaired) electrons. The predicted molar refractivity (Wildman–Crippen MR) is 93.2 cm³/mol. The van der Waals surface area contributed by atoms with Gasteiger partial charge < -0.3 is 24.6 Å². The fraction of sp³-hybridized carbons (Fsp3) is 0.824. The van der Waals surface area contributed by atoms with E-state index in [1.807, 2.05) is 6.92 Å². The van der Waals surface area contributed by atoms with Crippen molar-refractivity contribution in [1.29, 1.82) is 0 Å². The van der Waals surface area contributed by atoms with Gasteiger partial charge in [-0.25, -0.2) is 9.59 Å². The lowest BCUT2D eigenvalue weighted by molar-refractivity contribution is -0.134. The number of hydrogen-bond acceptors (Lipinski definition) is 5. The Hall–Kier alpha value is -1.99. The summed E-state index contributed by atoms with van der Waals surface area (Å²) in [7, 11) is 0. The number of hydrogen-bond donors (Lipinski definition) is 1. The third kappa shape index (κ3) is 7.62. The number of nitrogens with zero attached hydrogens (tertiary/aromatic N) is 2. The van der Waals surface area contributed by atoms with Crippen molar-refractivity contribution in [2.24, 2.45) is 0 Å². The van der Waals surface area contributed by atoms with Gasteiger partial charge in [-0.05, 0) is 34.1 Å². The summed E-state index contributed by atoms with van der Waals surface area (Å²) in [5.74, 6) is -0.190. The van der Waals surface area contributed by atoms with Crippen LogP contribution in [-0.2, 0) is 14.3 Å². The fourth-order valence-electron chi connectivity index (χ4n) is 2.32. The van der Waals surface area contributed by atoms with Gasteiger partial charge in [-0.15, -0.1) is 0 Å². The van der Waals surface area contributed by atoms with Gasteiger partial charge in [0.15, 0.2) is 0 Å². The zero-order chi connectivity index (χ0) is 19.0. The monoisotopic (exact) mass is 357 g/mol. The van der Waals surface area contributed by atoms with E-state index >= 15 is 0 Å². The van der Waals surface area contributed by atoms with Crippen LogP contribution in [0.1, 0.15) is 47.5 Å². The number of ether oxygens (including phenoxy) is 2. The first kappa shape index (κ1) is 21.1. The molecule has 1 heterocycles. The Morgan fingerprint density at radius 3 is 2.16 bits per heavy atom. The molecule has 25 heavy (non-hydrogen) atoms. The standard InChI is InChI=1S/C17H31N3O5/c1-6-7-12-24-16(23)20-10-8-19(9-11-20)14(21)13(2)18-15(22)25-17(3,4)5/h13H,6-12H2,1-5H3,(H,18,22)/t13-/m0/s1. The van der Waals surface area contributed by atoms with Gasteiger partial charge in [0.1, 0.15) is 11.6 Å². The Kier molecular flexibility index (Phi) is 7.99. The van der Waals surface area contributed by atoms with Crippen LogP contribution in [0.15, 0.2) is 0 Å². The van der Waals surface area contributed by atoms with Gasteiger partial charge in [-0.1, -0.05) is 13.3 Å². The van der Waals surface area contributed by atoms with E-state index in [2.05, 4.69) is 5.32 Å². The van der Waals surface area contributed by atoms with Crippen LogP contribution >= 0.6 is 0 Å². The van der Waals surface area contributed by atoms with Crippen molar-refractivity contribution in [3.8, 4) is 0 Å². The molecule has 1 atom stereocenters. The number of carbonyl (C=O) groups is 3. The molecule has 1 fully saturated rings. The molecule has 3 amide bonds. The topological polar surface area (TPSA) is 88.2 Å². The lowest BCUT2D eigenvalue weighted by Crippen LogP contribution is -2.55. The molecular weight excluding hydrogens is 326 g/mol. The van der Waals surface area contributed by atoms with E-state index < -0.39 is 17.7 Å². The van der Waals surface area contributed by atoms with Crippen LogP contribution in [-0.4, -0.2) is 72.3 Å². The quantitative estimate of drug-likeness (QED) is 0.760. The Bertz CT molecular complexity index is 467. The van der Waals surface area contributed by atoms with E-state index in [9.17, 15) is 14.4 Å². The molecule has 0 saturated carbocycles. The van der Waals surface area contributed by atoms with Gasteiger partial charge in [0.2, 0.25) is 5.91 Å². The number of piperazine rings is 1. The van der Waals surface area contributed by atoms with Crippen LogP contribution in [0.3, 0.4) is 0 Å². The predicted octanol–water partition coefficient (Wildman–Crippen LogP) is 1.98. The van der Waals surface area contributed by atoms with Crippen LogP contribution in [0.25, 0.3) is 0 Å². The van der Waals surface area contributed by atoms with E-state index in [1.165, 1.54) is 0 Å². The summed E-state index contributed by atoms with van der Waals surface area (Å²) in [6.45, 7) is 11.1. The van der Waals surface area contributed by atoms with Crippen LogP contribution < -0.4 is 5.32 Å². The first-order chi connectivity index (χ1) is 11.6. The zero-order valence-electron chi connectivity index (χ0n) is 16.0. The molecule has 1 aliphatic heterocycles. The molecule has 0 aromatic carbocycles.